The molecule has 0 unspecified atom stereocenters. The molecule has 0 aromatic heterocycles. The molecule has 0 amide bonds. The van der Waals surface area contributed by atoms with Crippen molar-refractivity contribution in [1.82, 2.24) is 4.31 Å². The molecule has 5 heteroatoms. The van der Waals surface area contributed by atoms with Gasteiger partial charge in [-0.05, 0) is 13.8 Å². The third kappa shape index (κ3) is 2.14. The van der Waals surface area contributed by atoms with Gasteiger partial charge in [-0.2, -0.15) is 11.8 Å². The van der Waals surface area contributed by atoms with Crippen LogP contribution in [0.15, 0.2) is 0 Å². The van der Waals surface area contributed by atoms with Crippen LogP contribution >= 0.6 is 11.8 Å². The normalized spacial score (nSPS) is 21.6. The van der Waals surface area contributed by atoms with Gasteiger partial charge in [0.05, 0.1) is 5.25 Å². The minimum Gasteiger partial charge on any atom is -0.212 e. The molecule has 0 bridgehead atoms. The van der Waals surface area contributed by atoms with Crippen LogP contribution in [0.4, 0.5) is 0 Å². The molecule has 12 heavy (non-hydrogen) atoms. The van der Waals surface area contributed by atoms with Gasteiger partial charge in [-0.25, -0.2) is 12.7 Å². The average Bonchev–Trinajstić information content (AvgIpc) is 2.06. The molecule has 1 fully saturated rings. The molecule has 0 radical (unpaired) electrons. The van der Waals surface area contributed by atoms with Crippen LogP contribution in [-0.4, -0.2) is 42.6 Å². The van der Waals surface area contributed by atoms with Crippen molar-refractivity contribution in [3.8, 4) is 0 Å². The SMILES string of the molecule is CC(C)S(=O)(=O)N1CCSCC1. The first-order valence-corrected chi connectivity index (χ1v) is 6.77. The Hall–Kier alpha value is 0.260. The van der Waals surface area contributed by atoms with E-state index in [2.05, 4.69) is 0 Å². The van der Waals surface area contributed by atoms with Gasteiger partial charge in [-0.1, -0.05) is 0 Å². The van der Waals surface area contributed by atoms with Gasteiger partial charge in [0, 0.05) is 24.6 Å². The quantitative estimate of drug-likeness (QED) is 0.674. The van der Waals surface area contributed by atoms with Crippen LogP contribution in [0.5, 0.6) is 0 Å². The first kappa shape index (κ1) is 10.3. The van der Waals surface area contributed by atoms with E-state index in [0.717, 1.165) is 11.5 Å². The van der Waals surface area contributed by atoms with E-state index in [0.29, 0.717) is 13.1 Å². The van der Waals surface area contributed by atoms with Crippen LogP contribution < -0.4 is 0 Å². The molecule has 1 aliphatic heterocycles. The van der Waals surface area contributed by atoms with Crippen molar-refractivity contribution in [2.75, 3.05) is 24.6 Å². The molecule has 72 valence electrons. The molecule has 1 saturated heterocycles. The summed E-state index contributed by atoms with van der Waals surface area (Å²) in [6, 6.07) is 0. The fourth-order valence-electron chi connectivity index (χ4n) is 1.10. The van der Waals surface area contributed by atoms with E-state index in [9.17, 15) is 8.42 Å². The van der Waals surface area contributed by atoms with E-state index in [1.165, 1.54) is 0 Å². The second kappa shape index (κ2) is 3.98. The van der Waals surface area contributed by atoms with Crippen molar-refractivity contribution in [2.24, 2.45) is 0 Å². The monoisotopic (exact) mass is 209 g/mol. The van der Waals surface area contributed by atoms with Crippen molar-refractivity contribution in [1.29, 1.82) is 0 Å². The van der Waals surface area contributed by atoms with Gasteiger partial charge in [0.15, 0.2) is 0 Å². The Bertz CT molecular complexity index is 230. The molecule has 3 nitrogen and oxygen atoms in total. The van der Waals surface area contributed by atoms with Crippen molar-refractivity contribution < 1.29 is 8.42 Å². The lowest BCUT2D eigenvalue weighted by atomic mass is 10.6. The minimum atomic E-state index is -2.98. The maximum atomic E-state index is 11.6. The highest BCUT2D eigenvalue weighted by Gasteiger charge is 2.26. The first-order chi connectivity index (χ1) is 5.55. The zero-order valence-electron chi connectivity index (χ0n) is 7.49. The lowest BCUT2D eigenvalue weighted by molar-refractivity contribution is 0.437. The van der Waals surface area contributed by atoms with E-state index in [4.69, 9.17) is 0 Å². The number of sulfonamides is 1. The highest BCUT2D eigenvalue weighted by Crippen LogP contribution is 2.15. The third-order valence-electron chi connectivity index (χ3n) is 1.93. The second-order valence-corrected chi connectivity index (χ2v) is 6.82. The molecule has 0 aliphatic carbocycles. The predicted octanol–water partition coefficient (Wildman–Crippen LogP) is 0.773. The minimum absolute atomic E-state index is 0.277. The highest BCUT2D eigenvalue weighted by atomic mass is 32.2. The van der Waals surface area contributed by atoms with Crippen molar-refractivity contribution >= 4 is 21.8 Å². The maximum Gasteiger partial charge on any atom is 0.216 e. The Morgan fingerprint density at radius 1 is 1.25 bits per heavy atom. The molecule has 0 atom stereocenters. The maximum absolute atomic E-state index is 11.6. The van der Waals surface area contributed by atoms with Crippen molar-refractivity contribution in [2.45, 2.75) is 19.1 Å². The number of nitrogens with zero attached hydrogens (tertiary/aromatic N) is 1. The summed E-state index contributed by atoms with van der Waals surface area (Å²) in [4.78, 5) is 0. The molecular formula is C7H15NO2S2. The summed E-state index contributed by atoms with van der Waals surface area (Å²) in [5.41, 5.74) is 0. The summed E-state index contributed by atoms with van der Waals surface area (Å²) in [5.74, 6) is 1.87. The summed E-state index contributed by atoms with van der Waals surface area (Å²) < 4.78 is 24.8. The van der Waals surface area contributed by atoms with Gasteiger partial charge < -0.3 is 0 Å². The predicted molar refractivity (Wildman–Crippen MR) is 53.0 cm³/mol. The number of hydrogen-bond donors (Lipinski definition) is 0. The molecule has 0 aromatic rings. The van der Waals surface area contributed by atoms with Gasteiger partial charge in [0.1, 0.15) is 0 Å². The molecule has 0 N–H and O–H groups in total. The lowest BCUT2D eigenvalue weighted by Crippen LogP contribution is -2.41. The van der Waals surface area contributed by atoms with Crippen molar-refractivity contribution in [3.63, 3.8) is 0 Å². The molecule has 0 aromatic carbocycles. The Morgan fingerprint density at radius 3 is 2.17 bits per heavy atom. The zero-order valence-corrected chi connectivity index (χ0v) is 9.12. The smallest absolute Gasteiger partial charge is 0.212 e. The summed E-state index contributed by atoms with van der Waals surface area (Å²) >= 11 is 1.82. The van der Waals surface area contributed by atoms with Gasteiger partial charge >= 0.3 is 0 Å². The first-order valence-electron chi connectivity index (χ1n) is 4.12. The zero-order chi connectivity index (χ0) is 9.19. The van der Waals surface area contributed by atoms with Gasteiger partial charge in [-0.3, -0.25) is 0 Å². The Morgan fingerprint density at radius 2 is 1.75 bits per heavy atom. The lowest BCUT2D eigenvalue weighted by Gasteiger charge is -2.27. The van der Waals surface area contributed by atoms with E-state index < -0.39 is 10.0 Å². The van der Waals surface area contributed by atoms with E-state index in [-0.39, 0.29) is 5.25 Å². The molecule has 0 spiro atoms. The second-order valence-electron chi connectivity index (χ2n) is 3.11. The molecule has 0 saturated carbocycles. The van der Waals surface area contributed by atoms with E-state index in [1.54, 1.807) is 18.2 Å². The largest absolute Gasteiger partial charge is 0.216 e. The average molecular weight is 209 g/mol. The summed E-state index contributed by atoms with van der Waals surface area (Å²) in [6.45, 7) is 4.84. The fraction of sp³-hybridized carbons (Fsp3) is 1.00. The van der Waals surface area contributed by atoms with E-state index >= 15 is 0 Å². The number of thioether (sulfide) groups is 1. The summed E-state index contributed by atoms with van der Waals surface area (Å²) in [5, 5.41) is -0.277. The number of rotatable bonds is 2. The highest BCUT2D eigenvalue weighted by molar-refractivity contribution is 7.99. The Kier molecular flexibility index (Phi) is 3.43. The Labute approximate surface area is 78.6 Å². The Balaban J connectivity index is 2.67. The summed E-state index contributed by atoms with van der Waals surface area (Å²) in [6.07, 6.45) is 0. The van der Waals surface area contributed by atoms with Crippen molar-refractivity contribution in [3.05, 3.63) is 0 Å². The fourth-order valence-corrected chi connectivity index (χ4v) is 3.52. The third-order valence-corrected chi connectivity index (χ3v) is 5.14. The van der Waals surface area contributed by atoms with Crippen LogP contribution in [0.3, 0.4) is 0 Å². The van der Waals surface area contributed by atoms with E-state index in [1.807, 2.05) is 11.8 Å². The molecule has 1 aliphatic rings. The van der Waals surface area contributed by atoms with Crippen LogP contribution in [-0.2, 0) is 10.0 Å². The van der Waals surface area contributed by atoms with Crippen LogP contribution in [0.1, 0.15) is 13.8 Å². The van der Waals surface area contributed by atoms with Crippen LogP contribution in [0.2, 0.25) is 0 Å². The molecule has 1 heterocycles. The molecule has 1 rings (SSSR count). The van der Waals surface area contributed by atoms with Gasteiger partial charge in [-0.15, -0.1) is 0 Å². The number of hydrogen-bond acceptors (Lipinski definition) is 3. The van der Waals surface area contributed by atoms with Crippen LogP contribution in [0, 0.1) is 0 Å². The molecular weight excluding hydrogens is 194 g/mol. The van der Waals surface area contributed by atoms with Gasteiger partial charge in [0.2, 0.25) is 10.0 Å². The van der Waals surface area contributed by atoms with Crippen LogP contribution in [0.25, 0.3) is 0 Å². The standard InChI is InChI=1S/C7H15NO2S2/c1-7(2)12(9,10)8-3-5-11-6-4-8/h7H,3-6H2,1-2H3. The summed E-state index contributed by atoms with van der Waals surface area (Å²) in [7, 11) is -2.98. The van der Waals surface area contributed by atoms with Gasteiger partial charge in [0.25, 0.3) is 0 Å². The topological polar surface area (TPSA) is 37.4 Å².